The molecule has 2 aliphatic rings. The van der Waals surface area contributed by atoms with E-state index in [1.54, 1.807) is 18.3 Å². The summed E-state index contributed by atoms with van der Waals surface area (Å²) in [5.41, 5.74) is 1.92. The highest BCUT2D eigenvalue weighted by molar-refractivity contribution is 5.96. The van der Waals surface area contributed by atoms with Crippen LogP contribution in [0.25, 0.3) is 0 Å². The molecule has 9 heteroatoms. The fourth-order valence-corrected chi connectivity index (χ4v) is 4.08. The molecule has 33 heavy (non-hydrogen) atoms. The number of nitrogens with one attached hydrogen (secondary N) is 2. The van der Waals surface area contributed by atoms with Crippen LogP contribution in [0.4, 0.5) is 11.5 Å². The minimum Gasteiger partial charge on any atom is -0.382 e. The molecule has 2 amide bonds. The summed E-state index contributed by atoms with van der Waals surface area (Å²) >= 11 is 0. The van der Waals surface area contributed by atoms with Crippen LogP contribution in [0.15, 0.2) is 36.7 Å². The molecule has 2 N–H and O–H groups in total. The number of anilines is 2. The highest BCUT2D eigenvalue weighted by Crippen LogP contribution is 2.24. The summed E-state index contributed by atoms with van der Waals surface area (Å²) in [5, 5.41) is 6.72. The fraction of sp³-hybridized carbons (Fsp3) is 0.500. The van der Waals surface area contributed by atoms with Gasteiger partial charge in [0.2, 0.25) is 0 Å². The largest absolute Gasteiger partial charge is 0.382 e. The van der Waals surface area contributed by atoms with Crippen LogP contribution in [-0.4, -0.2) is 90.5 Å². The van der Waals surface area contributed by atoms with E-state index in [0.29, 0.717) is 56.4 Å². The quantitative estimate of drug-likeness (QED) is 0.688. The van der Waals surface area contributed by atoms with Gasteiger partial charge in [0.1, 0.15) is 5.69 Å². The Labute approximate surface area is 195 Å². The van der Waals surface area contributed by atoms with Crippen molar-refractivity contribution in [2.24, 2.45) is 5.92 Å². The van der Waals surface area contributed by atoms with Crippen LogP contribution in [0.1, 0.15) is 34.7 Å². The Bertz CT molecular complexity index is 950. The van der Waals surface area contributed by atoms with Gasteiger partial charge in [-0.3, -0.25) is 14.6 Å². The van der Waals surface area contributed by atoms with E-state index in [1.165, 1.54) is 6.20 Å². The smallest absolute Gasteiger partial charge is 0.272 e. The molecular weight excluding hydrogens is 418 g/mol. The van der Waals surface area contributed by atoms with Gasteiger partial charge in [0.15, 0.2) is 5.82 Å². The second-order valence-corrected chi connectivity index (χ2v) is 8.90. The number of hydrogen-bond acceptors (Lipinski definition) is 7. The fourth-order valence-electron chi connectivity index (χ4n) is 4.08. The monoisotopic (exact) mass is 451 g/mol. The second kappa shape index (κ2) is 10.6. The van der Waals surface area contributed by atoms with Gasteiger partial charge in [0, 0.05) is 71.3 Å². The van der Waals surface area contributed by atoms with Gasteiger partial charge in [-0.2, -0.15) is 0 Å². The van der Waals surface area contributed by atoms with Crippen LogP contribution < -0.4 is 15.5 Å². The maximum atomic E-state index is 13.0. The van der Waals surface area contributed by atoms with Gasteiger partial charge in [-0.15, -0.1) is 0 Å². The zero-order valence-corrected chi connectivity index (χ0v) is 19.5. The van der Waals surface area contributed by atoms with Crippen molar-refractivity contribution >= 4 is 23.3 Å². The van der Waals surface area contributed by atoms with Gasteiger partial charge in [0.25, 0.3) is 11.8 Å². The average molecular weight is 452 g/mol. The molecule has 4 rings (SSSR count). The molecule has 0 radical (unpaired) electrons. The lowest BCUT2D eigenvalue weighted by atomic mass is 10.2. The van der Waals surface area contributed by atoms with Crippen LogP contribution in [0.3, 0.4) is 0 Å². The van der Waals surface area contributed by atoms with Crippen molar-refractivity contribution in [3.63, 3.8) is 0 Å². The van der Waals surface area contributed by atoms with Crippen molar-refractivity contribution in [1.29, 1.82) is 0 Å². The molecular formula is C24H33N7O2. The molecule has 9 nitrogen and oxygen atoms in total. The first-order valence-corrected chi connectivity index (χ1v) is 11.7. The SMILES string of the molecule is CC(C)CNc1cccnc1N1CCN(C(=O)c2ccc(C(=O)N3CCNCC3)cn2)CC1. The molecule has 0 saturated carbocycles. The van der Waals surface area contributed by atoms with Crippen LogP contribution >= 0.6 is 0 Å². The van der Waals surface area contributed by atoms with Crippen molar-refractivity contribution in [3.05, 3.63) is 47.9 Å². The molecule has 176 valence electrons. The number of carbonyl (C=O) groups excluding carboxylic acids is 2. The van der Waals surface area contributed by atoms with Crippen LogP contribution in [0.2, 0.25) is 0 Å². The third kappa shape index (κ3) is 5.60. The molecule has 2 aromatic heterocycles. The number of rotatable bonds is 6. The lowest BCUT2D eigenvalue weighted by molar-refractivity contribution is 0.0724. The predicted molar refractivity (Wildman–Crippen MR) is 129 cm³/mol. The summed E-state index contributed by atoms with van der Waals surface area (Å²) in [5.74, 6) is 1.33. The minimum absolute atomic E-state index is 0.0335. The number of aromatic nitrogens is 2. The van der Waals surface area contributed by atoms with Crippen molar-refractivity contribution in [3.8, 4) is 0 Å². The van der Waals surface area contributed by atoms with Gasteiger partial charge in [-0.1, -0.05) is 13.8 Å². The Morgan fingerprint density at radius 3 is 2.36 bits per heavy atom. The summed E-state index contributed by atoms with van der Waals surface area (Å²) < 4.78 is 0. The molecule has 2 aliphatic heterocycles. The molecule has 2 aromatic rings. The lowest BCUT2D eigenvalue weighted by Gasteiger charge is -2.36. The van der Waals surface area contributed by atoms with E-state index in [2.05, 4.69) is 45.4 Å². The van der Waals surface area contributed by atoms with Crippen LogP contribution in [0.5, 0.6) is 0 Å². The molecule has 0 aromatic carbocycles. The van der Waals surface area contributed by atoms with Crippen LogP contribution in [-0.2, 0) is 0 Å². The highest BCUT2D eigenvalue weighted by Gasteiger charge is 2.25. The third-order valence-electron chi connectivity index (χ3n) is 5.99. The maximum Gasteiger partial charge on any atom is 0.272 e. The maximum absolute atomic E-state index is 13.0. The molecule has 0 aliphatic carbocycles. The molecule has 4 heterocycles. The van der Waals surface area contributed by atoms with E-state index in [1.807, 2.05) is 15.9 Å². The summed E-state index contributed by atoms with van der Waals surface area (Å²) in [4.78, 5) is 40.3. The number of carbonyl (C=O) groups is 2. The molecule has 0 bridgehead atoms. The first-order chi connectivity index (χ1) is 16.0. The van der Waals surface area contributed by atoms with Crippen molar-refractivity contribution in [1.82, 2.24) is 25.1 Å². The summed E-state index contributed by atoms with van der Waals surface area (Å²) in [7, 11) is 0. The lowest BCUT2D eigenvalue weighted by Crippen LogP contribution is -2.49. The number of piperazine rings is 2. The molecule has 2 fully saturated rings. The number of hydrogen-bond donors (Lipinski definition) is 2. The van der Waals surface area contributed by atoms with E-state index in [-0.39, 0.29) is 11.8 Å². The van der Waals surface area contributed by atoms with Gasteiger partial charge >= 0.3 is 0 Å². The normalized spacial score (nSPS) is 16.8. The van der Waals surface area contributed by atoms with E-state index in [9.17, 15) is 9.59 Å². The zero-order valence-electron chi connectivity index (χ0n) is 19.5. The predicted octanol–water partition coefficient (Wildman–Crippen LogP) is 1.55. The van der Waals surface area contributed by atoms with Crippen molar-refractivity contribution < 1.29 is 9.59 Å². The number of amides is 2. The Balaban J connectivity index is 1.35. The minimum atomic E-state index is -0.102. The molecule has 0 atom stereocenters. The topological polar surface area (TPSA) is 93.7 Å². The summed E-state index contributed by atoms with van der Waals surface area (Å²) in [6, 6.07) is 7.36. The first-order valence-electron chi connectivity index (χ1n) is 11.7. The Hall–Kier alpha value is -3.20. The average Bonchev–Trinajstić information content (AvgIpc) is 2.87. The van der Waals surface area contributed by atoms with E-state index >= 15 is 0 Å². The Morgan fingerprint density at radius 1 is 0.970 bits per heavy atom. The highest BCUT2D eigenvalue weighted by atomic mass is 16.2. The van der Waals surface area contributed by atoms with Crippen LogP contribution in [0, 0.1) is 5.92 Å². The Morgan fingerprint density at radius 2 is 1.70 bits per heavy atom. The van der Waals surface area contributed by atoms with Crippen molar-refractivity contribution in [2.45, 2.75) is 13.8 Å². The summed E-state index contributed by atoms with van der Waals surface area (Å²) in [6.45, 7) is 10.8. The van der Waals surface area contributed by atoms with Gasteiger partial charge in [-0.25, -0.2) is 4.98 Å². The first kappa shape index (κ1) is 23.0. The molecule has 2 saturated heterocycles. The number of pyridine rings is 2. The van der Waals surface area contributed by atoms with Gasteiger partial charge < -0.3 is 25.3 Å². The van der Waals surface area contributed by atoms with E-state index in [4.69, 9.17) is 0 Å². The zero-order chi connectivity index (χ0) is 23.2. The molecule has 0 unspecified atom stereocenters. The number of nitrogens with zero attached hydrogens (tertiary/aromatic N) is 5. The summed E-state index contributed by atoms with van der Waals surface area (Å²) in [6.07, 6.45) is 3.33. The van der Waals surface area contributed by atoms with Gasteiger partial charge in [0.05, 0.1) is 11.3 Å². The van der Waals surface area contributed by atoms with Gasteiger partial charge in [-0.05, 0) is 30.2 Å². The Kier molecular flexibility index (Phi) is 7.39. The van der Waals surface area contributed by atoms with E-state index in [0.717, 1.165) is 31.1 Å². The standard InChI is InChI=1S/C24H33N7O2/c1-18(2)16-27-20-4-3-7-26-22(20)29-12-14-31(15-13-29)24(33)21-6-5-19(17-28-21)23(32)30-10-8-25-9-11-30/h3-7,17-18,25,27H,8-16H2,1-2H3. The third-order valence-corrected chi connectivity index (χ3v) is 5.99. The molecule has 0 spiro atoms. The van der Waals surface area contributed by atoms with E-state index < -0.39 is 0 Å². The second-order valence-electron chi connectivity index (χ2n) is 8.90. The van der Waals surface area contributed by atoms with Crippen molar-refractivity contribution in [2.75, 3.05) is 69.1 Å².